The molecule has 2 aromatic rings. The number of benzene rings is 2. The molecule has 2 fully saturated rings. The van der Waals surface area contributed by atoms with Crippen molar-refractivity contribution in [3.8, 4) is 0 Å². The predicted molar refractivity (Wildman–Crippen MR) is 103 cm³/mol. The average molecular weight is 324 g/mol. The van der Waals surface area contributed by atoms with E-state index in [1.54, 1.807) is 0 Å². The number of nitrogens with zero attached hydrogens (tertiary/aromatic N) is 2. The molecule has 2 aliphatic rings. The van der Waals surface area contributed by atoms with Gasteiger partial charge in [-0.2, -0.15) is 0 Å². The lowest BCUT2D eigenvalue weighted by molar-refractivity contribution is 0.589. The Morgan fingerprint density at radius 3 is 1.17 bits per heavy atom. The Kier molecular flexibility index (Phi) is 6.51. The molecule has 128 valence electrons. The van der Waals surface area contributed by atoms with Crippen molar-refractivity contribution in [3.63, 3.8) is 0 Å². The van der Waals surface area contributed by atoms with Crippen LogP contribution < -0.4 is 20.4 Å². The Morgan fingerprint density at radius 2 is 0.833 bits per heavy atom. The summed E-state index contributed by atoms with van der Waals surface area (Å²) in [6, 6.07) is 21.2. The minimum Gasteiger partial charge on any atom is -0.369 e. The zero-order valence-electron chi connectivity index (χ0n) is 14.3. The van der Waals surface area contributed by atoms with Gasteiger partial charge in [-0.15, -0.1) is 0 Å². The lowest BCUT2D eigenvalue weighted by atomic mass is 10.2. The summed E-state index contributed by atoms with van der Waals surface area (Å²) in [5, 5.41) is 6.69. The van der Waals surface area contributed by atoms with Crippen molar-refractivity contribution < 1.29 is 0 Å². The molecule has 2 heterocycles. The Hall–Kier alpha value is -2.04. The summed E-state index contributed by atoms with van der Waals surface area (Å²) in [7, 11) is 0. The van der Waals surface area contributed by atoms with E-state index >= 15 is 0 Å². The second kappa shape index (κ2) is 9.30. The number of anilines is 2. The molecule has 0 bridgehead atoms. The van der Waals surface area contributed by atoms with Crippen LogP contribution in [-0.4, -0.2) is 52.4 Å². The van der Waals surface area contributed by atoms with Crippen LogP contribution in [0.25, 0.3) is 0 Å². The topological polar surface area (TPSA) is 30.5 Å². The van der Waals surface area contributed by atoms with E-state index in [1.165, 1.54) is 11.4 Å². The van der Waals surface area contributed by atoms with Gasteiger partial charge >= 0.3 is 0 Å². The first-order valence-electron chi connectivity index (χ1n) is 8.95. The lowest BCUT2D eigenvalue weighted by Gasteiger charge is -2.29. The van der Waals surface area contributed by atoms with Gasteiger partial charge in [-0.05, 0) is 24.3 Å². The van der Waals surface area contributed by atoms with Gasteiger partial charge in [0.1, 0.15) is 0 Å². The first-order chi connectivity index (χ1) is 11.9. The fourth-order valence-electron chi connectivity index (χ4n) is 3.12. The maximum absolute atomic E-state index is 3.34. The van der Waals surface area contributed by atoms with E-state index in [4.69, 9.17) is 0 Å². The number of rotatable bonds is 2. The summed E-state index contributed by atoms with van der Waals surface area (Å²) in [6.45, 7) is 8.94. The van der Waals surface area contributed by atoms with Crippen molar-refractivity contribution in [1.82, 2.24) is 10.6 Å². The molecule has 2 aromatic carbocycles. The van der Waals surface area contributed by atoms with Crippen molar-refractivity contribution in [2.24, 2.45) is 0 Å². The second-order valence-electron chi connectivity index (χ2n) is 6.15. The fraction of sp³-hybridized carbons (Fsp3) is 0.400. The Labute approximate surface area is 145 Å². The third-order valence-electron chi connectivity index (χ3n) is 4.48. The minimum atomic E-state index is 1.11. The summed E-state index contributed by atoms with van der Waals surface area (Å²) in [6.07, 6.45) is 0. The lowest BCUT2D eigenvalue weighted by Crippen LogP contribution is -2.43. The largest absolute Gasteiger partial charge is 0.369 e. The highest BCUT2D eigenvalue weighted by Crippen LogP contribution is 2.13. The number of nitrogens with one attached hydrogen (secondary N) is 2. The summed E-state index contributed by atoms with van der Waals surface area (Å²) in [5.41, 5.74) is 2.69. The van der Waals surface area contributed by atoms with Crippen LogP contribution in [0.15, 0.2) is 60.7 Å². The maximum atomic E-state index is 3.34. The molecular formula is C20H28N4. The molecule has 4 nitrogen and oxygen atoms in total. The molecule has 2 aliphatic heterocycles. The number of hydrogen-bond acceptors (Lipinski definition) is 4. The first kappa shape index (κ1) is 16.8. The summed E-state index contributed by atoms with van der Waals surface area (Å²) < 4.78 is 0. The fourth-order valence-corrected chi connectivity index (χ4v) is 3.12. The minimum absolute atomic E-state index is 1.11. The van der Waals surface area contributed by atoms with Crippen molar-refractivity contribution in [1.29, 1.82) is 0 Å². The number of hydrogen-bond donors (Lipinski definition) is 2. The van der Waals surface area contributed by atoms with Crippen molar-refractivity contribution in [2.45, 2.75) is 0 Å². The highest BCUT2D eigenvalue weighted by molar-refractivity contribution is 5.47. The molecule has 0 saturated carbocycles. The SMILES string of the molecule is c1ccc(N2CCNCC2)cc1.c1ccc(N2CCNCC2)cc1. The molecule has 0 aromatic heterocycles. The van der Waals surface area contributed by atoms with Gasteiger partial charge in [0, 0.05) is 63.7 Å². The summed E-state index contributed by atoms with van der Waals surface area (Å²) in [5.74, 6) is 0. The van der Waals surface area contributed by atoms with E-state index in [2.05, 4.69) is 81.1 Å². The van der Waals surface area contributed by atoms with E-state index in [-0.39, 0.29) is 0 Å². The number of piperazine rings is 2. The van der Waals surface area contributed by atoms with Crippen LogP contribution in [0, 0.1) is 0 Å². The smallest absolute Gasteiger partial charge is 0.0367 e. The van der Waals surface area contributed by atoms with E-state index < -0.39 is 0 Å². The van der Waals surface area contributed by atoms with E-state index in [0.717, 1.165) is 52.4 Å². The molecule has 0 atom stereocenters. The molecule has 0 unspecified atom stereocenters. The first-order valence-corrected chi connectivity index (χ1v) is 8.95. The van der Waals surface area contributed by atoms with Crippen LogP contribution in [0.3, 0.4) is 0 Å². The Balaban J connectivity index is 0.000000141. The van der Waals surface area contributed by atoms with Crippen molar-refractivity contribution >= 4 is 11.4 Å². The van der Waals surface area contributed by atoms with Crippen LogP contribution in [-0.2, 0) is 0 Å². The zero-order valence-corrected chi connectivity index (χ0v) is 14.3. The van der Waals surface area contributed by atoms with Crippen LogP contribution in [0.4, 0.5) is 11.4 Å². The summed E-state index contributed by atoms with van der Waals surface area (Å²) in [4.78, 5) is 4.83. The predicted octanol–water partition coefficient (Wildman–Crippen LogP) is 2.19. The quantitative estimate of drug-likeness (QED) is 0.887. The third kappa shape index (κ3) is 4.98. The Morgan fingerprint density at radius 1 is 0.500 bits per heavy atom. The van der Waals surface area contributed by atoms with Gasteiger partial charge < -0.3 is 20.4 Å². The number of para-hydroxylation sites is 2. The van der Waals surface area contributed by atoms with Gasteiger partial charge in [-0.1, -0.05) is 36.4 Å². The van der Waals surface area contributed by atoms with Gasteiger partial charge in [0.25, 0.3) is 0 Å². The molecule has 0 amide bonds. The molecular weight excluding hydrogens is 296 g/mol. The Bertz CT molecular complexity index is 507. The van der Waals surface area contributed by atoms with Gasteiger partial charge in [0.05, 0.1) is 0 Å². The van der Waals surface area contributed by atoms with E-state index in [9.17, 15) is 0 Å². The van der Waals surface area contributed by atoms with Crippen molar-refractivity contribution in [3.05, 3.63) is 60.7 Å². The molecule has 2 saturated heterocycles. The molecule has 2 N–H and O–H groups in total. The van der Waals surface area contributed by atoms with Gasteiger partial charge in [-0.25, -0.2) is 0 Å². The molecule has 0 aliphatic carbocycles. The standard InChI is InChI=1S/2C10H14N2/c2*1-2-4-10(5-3-1)12-8-6-11-7-9-12/h2*1-5,11H,6-9H2. The molecule has 4 heteroatoms. The van der Waals surface area contributed by atoms with Gasteiger partial charge in [-0.3, -0.25) is 0 Å². The molecule has 4 rings (SSSR count). The summed E-state index contributed by atoms with van der Waals surface area (Å²) >= 11 is 0. The molecule has 0 spiro atoms. The van der Waals surface area contributed by atoms with E-state index in [0.29, 0.717) is 0 Å². The molecule has 24 heavy (non-hydrogen) atoms. The maximum Gasteiger partial charge on any atom is 0.0367 e. The monoisotopic (exact) mass is 324 g/mol. The molecule has 0 radical (unpaired) electrons. The van der Waals surface area contributed by atoms with Gasteiger partial charge in [0.15, 0.2) is 0 Å². The normalized spacial score (nSPS) is 17.8. The van der Waals surface area contributed by atoms with Crippen LogP contribution in [0.1, 0.15) is 0 Å². The third-order valence-corrected chi connectivity index (χ3v) is 4.48. The van der Waals surface area contributed by atoms with Crippen LogP contribution >= 0.6 is 0 Å². The average Bonchev–Trinajstić information content (AvgIpc) is 2.71. The van der Waals surface area contributed by atoms with Crippen LogP contribution in [0.2, 0.25) is 0 Å². The van der Waals surface area contributed by atoms with Crippen LogP contribution in [0.5, 0.6) is 0 Å². The van der Waals surface area contributed by atoms with E-state index in [1.807, 2.05) is 0 Å². The highest BCUT2D eigenvalue weighted by atomic mass is 15.2. The second-order valence-corrected chi connectivity index (χ2v) is 6.15. The van der Waals surface area contributed by atoms with Gasteiger partial charge in [0.2, 0.25) is 0 Å². The zero-order chi connectivity index (χ0) is 16.5. The highest BCUT2D eigenvalue weighted by Gasteiger charge is 2.09. The van der Waals surface area contributed by atoms with Crippen molar-refractivity contribution in [2.75, 3.05) is 62.2 Å².